The molecule has 76 valence electrons. The van der Waals surface area contributed by atoms with E-state index in [1.807, 2.05) is 0 Å². The molecule has 1 heteroatoms. The van der Waals surface area contributed by atoms with Crippen molar-refractivity contribution in [1.29, 1.82) is 0 Å². The number of aliphatic hydroxyl groups excluding tert-OH is 1. The summed E-state index contributed by atoms with van der Waals surface area (Å²) in [5, 5.41) is 8.83. The van der Waals surface area contributed by atoms with Gasteiger partial charge in [0, 0.05) is 6.61 Å². The van der Waals surface area contributed by atoms with Crippen LogP contribution in [0.2, 0.25) is 0 Å². The zero-order chi connectivity index (χ0) is 9.47. The fraction of sp³-hybridized carbons (Fsp3) is 1.00. The molecule has 0 radical (unpaired) electrons. The summed E-state index contributed by atoms with van der Waals surface area (Å²) in [6, 6.07) is 0. The Morgan fingerprint density at radius 3 is 2.62 bits per heavy atom. The van der Waals surface area contributed by atoms with E-state index in [9.17, 15) is 0 Å². The average Bonchev–Trinajstić information content (AvgIpc) is 2.14. The Bertz CT molecular complexity index is 184. The minimum absolute atomic E-state index is 0.382. The molecule has 13 heavy (non-hydrogen) atoms. The van der Waals surface area contributed by atoms with Gasteiger partial charge in [-0.3, -0.25) is 0 Å². The van der Waals surface area contributed by atoms with Crippen LogP contribution < -0.4 is 0 Å². The van der Waals surface area contributed by atoms with Crippen LogP contribution in [0, 0.1) is 23.2 Å². The second-order valence-electron chi connectivity index (χ2n) is 5.56. The van der Waals surface area contributed by atoms with Crippen LogP contribution in [0.4, 0.5) is 0 Å². The Morgan fingerprint density at radius 1 is 1.31 bits per heavy atom. The van der Waals surface area contributed by atoms with Crippen molar-refractivity contribution in [2.45, 2.75) is 46.0 Å². The van der Waals surface area contributed by atoms with Gasteiger partial charge < -0.3 is 5.11 Å². The zero-order valence-corrected chi connectivity index (χ0v) is 8.92. The van der Waals surface area contributed by atoms with E-state index >= 15 is 0 Å². The summed E-state index contributed by atoms with van der Waals surface area (Å²) in [5.74, 6) is 2.91. The maximum absolute atomic E-state index is 8.83. The molecule has 1 N–H and O–H groups in total. The van der Waals surface area contributed by atoms with E-state index in [1.54, 1.807) is 0 Å². The Kier molecular flexibility index (Phi) is 2.39. The molecule has 3 atom stereocenters. The number of rotatable bonds is 3. The molecule has 1 nitrogen and oxygen atoms in total. The standard InChI is InChI=1S/C12H22O/c1-12(2)10-6-5-9(4-3-7-13)11(12)8-10/h9-11,13H,3-8H2,1-2H3/t9-,10+,11+/m1/s1. The summed E-state index contributed by atoms with van der Waals surface area (Å²) in [7, 11) is 0. The van der Waals surface area contributed by atoms with Gasteiger partial charge in [-0.15, -0.1) is 0 Å². The van der Waals surface area contributed by atoms with E-state index in [1.165, 1.54) is 25.7 Å². The molecule has 3 fully saturated rings. The van der Waals surface area contributed by atoms with E-state index in [0.717, 1.165) is 24.2 Å². The van der Waals surface area contributed by atoms with Crippen LogP contribution in [0.1, 0.15) is 46.0 Å². The lowest BCUT2D eigenvalue weighted by atomic mass is 9.45. The first-order valence-electron chi connectivity index (χ1n) is 5.77. The summed E-state index contributed by atoms with van der Waals surface area (Å²) >= 11 is 0. The van der Waals surface area contributed by atoms with Crippen molar-refractivity contribution in [2.24, 2.45) is 23.2 Å². The summed E-state index contributed by atoms with van der Waals surface area (Å²) in [6.07, 6.45) is 6.63. The Balaban J connectivity index is 1.91. The van der Waals surface area contributed by atoms with Gasteiger partial charge in [0.1, 0.15) is 0 Å². The number of hydrogen-bond donors (Lipinski definition) is 1. The summed E-state index contributed by atoms with van der Waals surface area (Å²) in [6.45, 7) is 5.26. The topological polar surface area (TPSA) is 20.2 Å². The largest absolute Gasteiger partial charge is 0.396 e. The predicted molar refractivity (Wildman–Crippen MR) is 54.4 cm³/mol. The lowest BCUT2D eigenvalue weighted by molar-refractivity contribution is -0.107. The second kappa shape index (κ2) is 3.27. The Hall–Kier alpha value is -0.0400. The minimum Gasteiger partial charge on any atom is -0.396 e. The number of fused-ring (bicyclic) bond motifs is 2. The van der Waals surface area contributed by atoms with E-state index in [2.05, 4.69) is 13.8 Å². The van der Waals surface area contributed by atoms with E-state index in [-0.39, 0.29) is 0 Å². The van der Waals surface area contributed by atoms with E-state index < -0.39 is 0 Å². The van der Waals surface area contributed by atoms with Crippen LogP contribution >= 0.6 is 0 Å². The van der Waals surface area contributed by atoms with Gasteiger partial charge in [-0.05, 0) is 55.3 Å². The molecular formula is C12H22O. The summed E-state index contributed by atoms with van der Waals surface area (Å²) in [5.41, 5.74) is 0.623. The molecule has 0 saturated heterocycles. The van der Waals surface area contributed by atoms with Gasteiger partial charge in [0.15, 0.2) is 0 Å². The van der Waals surface area contributed by atoms with E-state index in [4.69, 9.17) is 5.11 Å². The molecule has 0 aliphatic heterocycles. The van der Waals surface area contributed by atoms with Gasteiger partial charge in [0.25, 0.3) is 0 Å². The Morgan fingerprint density at radius 2 is 2.08 bits per heavy atom. The maximum Gasteiger partial charge on any atom is 0.0431 e. The highest BCUT2D eigenvalue weighted by Gasteiger charge is 2.53. The van der Waals surface area contributed by atoms with Crippen molar-refractivity contribution in [1.82, 2.24) is 0 Å². The first-order valence-corrected chi connectivity index (χ1v) is 5.77. The third kappa shape index (κ3) is 1.41. The van der Waals surface area contributed by atoms with Crippen LogP contribution in [0.15, 0.2) is 0 Å². The molecule has 0 aromatic carbocycles. The number of hydrogen-bond acceptors (Lipinski definition) is 1. The Labute approximate surface area is 81.5 Å². The highest BCUT2D eigenvalue weighted by molar-refractivity contribution is 5.02. The van der Waals surface area contributed by atoms with Gasteiger partial charge >= 0.3 is 0 Å². The van der Waals surface area contributed by atoms with Crippen LogP contribution in [0.3, 0.4) is 0 Å². The van der Waals surface area contributed by atoms with Crippen molar-refractivity contribution < 1.29 is 5.11 Å². The van der Waals surface area contributed by atoms with Crippen LogP contribution in [0.5, 0.6) is 0 Å². The van der Waals surface area contributed by atoms with Gasteiger partial charge in [0.2, 0.25) is 0 Å². The quantitative estimate of drug-likeness (QED) is 0.711. The van der Waals surface area contributed by atoms with E-state index in [0.29, 0.717) is 12.0 Å². The van der Waals surface area contributed by atoms with Crippen LogP contribution in [-0.2, 0) is 0 Å². The zero-order valence-electron chi connectivity index (χ0n) is 8.92. The minimum atomic E-state index is 0.382. The lowest BCUT2D eigenvalue weighted by Crippen LogP contribution is -2.52. The smallest absolute Gasteiger partial charge is 0.0431 e. The highest BCUT2D eigenvalue weighted by Crippen LogP contribution is 2.62. The molecule has 0 heterocycles. The molecule has 0 amide bonds. The third-order valence-corrected chi connectivity index (χ3v) is 4.73. The molecule has 3 aliphatic carbocycles. The van der Waals surface area contributed by atoms with Crippen molar-refractivity contribution in [2.75, 3.05) is 6.61 Å². The molecule has 0 spiro atoms. The van der Waals surface area contributed by atoms with Crippen LogP contribution in [0.25, 0.3) is 0 Å². The summed E-state index contributed by atoms with van der Waals surface area (Å²) < 4.78 is 0. The monoisotopic (exact) mass is 182 g/mol. The first-order chi connectivity index (χ1) is 6.16. The van der Waals surface area contributed by atoms with Crippen LogP contribution in [-0.4, -0.2) is 11.7 Å². The normalized spacial score (nSPS) is 41.3. The molecule has 3 rings (SSSR count). The average molecular weight is 182 g/mol. The molecule has 0 unspecified atom stereocenters. The summed E-state index contributed by atoms with van der Waals surface area (Å²) in [4.78, 5) is 0. The van der Waals surface area contributed by atoms with Crippen molar-refractivity contribution in [3.8, 4) is 0 Å². The second-order valence-corrected chi connectivity index (χ2v) is 5.56. The lowest BCUT2D eigenvalue weighted by Gasteiger charge is -2.60. The molecule has 0 aromatic heterocycles. The van der Waals surface area contributed by atoms with Crippen molar-refractivity contribution in [3.05, 3.63) is 0 Å². The molecule has 2 bridgehead atoms. The first kappa shape index (κ1) is 9.51. The van der Waals surface area contributed by atoms with Gasteiger partial charge in [-0.25, -0.2) is 0 Å². The van der Waals surface area contributed by atoms with Gasteiger partial charge in [-0.1, -0.05) is 13.8 Å². The molecule has 3 saturated carbocycles. The third-order valence-electron chi connectivity index (χ3n) is 4.73. The predicted octanol–water partition coefficient (Wildman–Crippen LogP) is 2.83. The highest BCUT2D eigenvalue weighted by atomic mass is 16.2. The van der Waals surface area contributed by atoms with Gasteiger partial charge in [0.05, 0.1) is 0 Å². The van der Waals surface area contributed by atoms with Crippen molar-refractivity contribution >= 4 is 0 Å². The molecule has 3 aliphatic rings. The fourth-order valence-corrected chi connectivity index (χ4v) is 3.66. The molecular weight excluding hydrogens is 160 g/mol. The van der Waals surface area contributed by atoms with Gasteiger partial charge in [-0.2, -0.15) is 0 Å². The fourth-order valence-electron chi connectivity index (χ4n) is 3.66. The molecule has 0 aromatic rings. The van der Waals surface area contributed by atoms with Crippen molar-refractivity contribution in [3.63, 3.8) is 0 Å². The number of aliphatic hydroxyl groups is 1. The SMILES string of the molecule is CC1(C)[C@H]2CC[C@@H](CCCO)[C@@H]1C2. The maximum atomic E-state index is 8.83.